The van der Waals surface area contributed by atoms with Crippen molar-refractivity contribution in [2.45, 2.75) is 13.0 Å². The van der Waals surface area contributed by atoms with Crippen molar-refractivity contribution in [1.82, 2.24) is 10.2 Å². The first-order valence-corrected chi connectivity index (χ1v) is 6.05. The summed E-state index contributed by atoms with van der Waals surface area (Å²) in [4.78, 5) is 13.8. The highest BCUT2D eigenvalue weighted by Gasteiger charge is 2.22. The Hall–Kier alpha value is -1.33. The van der Waals surface area contributed by atoms with Gasteiger partial charge >= 0.3 is 0 Å². The van der Waals surface area contributed by atoms with Gasteiger partial charge in [0.05, 0.1) is 0 Å². The molecule has 0 radical (unpaired) electrons. The zero-order valence-corrected chi connectivity index (χ0v) is 11.6. The van der Waals surface area contributed by atoms with E-state index in [1.807, 2.05) is 6.92 Å². The molecule has 1 aromatic rings. The normalized spacial score (nSPS) is 18.6. The lowest BCUT2D eigenvalue weighted by atomic mass is 10.2. The van der Waals surface area contributed by atoms with E-state index in [1.165, 1.54) is 24.3 Å². The Morgan fingerprint density at radius 3 is 2.79 bits per heavy atom. The SMILES string of the molecule is C[C@@H]1CNCCN1C(=O)COc1ccc(F)cc1.Cl. The molecule has 6 heteroatoms. The average molecular weight is 289 g/mol. The fourth-order valence-electron chi connectivity index (χ4n) is 1.97. The minimum atomic E-state index is -0.315. The molecule has 19 heavy (non-hydrogen) atoms. The number of benzene rings is 1. The van der Waals surface area contributed by atoms with Gasteiger partial charge in [-0.2, -0.15) is 0 Å². The summed E-state index contributed by atoms with van der Waals surface area (Å²) in [6.45, 7) is 4.32. The topological polar surface area (TPSA) is 41.6 Å². The van der Waals surface area contributed by atoms with Crippen LogP contribution >= 0.6 is 12.4 Å². The van der Waals surface area contributed by atoms with Gasteiger partial charge in [-0.05, 0) is 31.2 Å². The van der Waals surface area contributed by atoms with Crippen molar-refractivity contribution in [3.63, 3.8) is 0 Å². The maximum atomic E-state index is 12.7. The summed E-state index contributed by atoms with van der Waals surface area (Å²) in [5.41, 5.74) is 0. The molecule has 1 atom stereocenters. The van der Waals surface area contributed by atoms with Gasteiger partial charge in [0.15, 0.2) is 6.61 Å². The number of nitrogens with zero attached hydrogens (tertiary/aromatic N) is 1. The number of hydrogen-bond donors (Lipinski definition) is 1. The highest BCUT2D eigenvalue weighted by atomic mass is 35.5. The number of nitrogens with one attached hydrogen (secondary N) is 1. The van der Waals surface area contributed by atoms with Crippen molar-refractivity contribution in [2.75, 3.05) is 26.2 Å². The summed E-state index contributed by atoms with van der Waals surface area (Å²) in [6, 6.07) is 5.84. The van der Waals surface area contributed by atoms with E-state index in [0.29, 0.717) is 12.3 Å². The number of carbonyl (C=O) groups is 1. The molecule has 0 unspecified atom stereocenters. The molecule has 0 spiro atoms. The third kappa shape index (κ3) is 4.36. The lowest BCUT2D eigenvalue weighted by molar-refractivity contribution is -0.136. The molecule has 0 aliphatic carbocycles. The highest BCUT2D eigenvalue weighted by Crippen LogP contribution is 2.11. The zero-order valence-electron chi connectivity index (χ0n) is 10.8. The molecule has 4 nitrogen and oxygen atoms in total. The van der Waals surface area contributed by atoms with Crippen LogP contribution in [-0.2, 0) is 4.79 Å². The van der Waals surface area contributed by atoms with Crippen LogP contribution in [0.25, 0.3) is 0 Å². The van der Waals surface area contributed by atoms with Gasteiger partial charge in [-0.1, -0.05) is 0 Å². The van der Waals surface area contributed by atoms with Crippen LogP contribution in [0.3, 0.4) is 0 Å². The lowest BCUT2D eigenvalue weighted by Crippen LogP contribution is -2.53. The second-order valence-corrected chi connectivity index (χ2v) is 4.38. The molecule has 0 saturated carbocycles. The minimum absolute atomic E-state index is 0. The molecule has 1 aromatic carbocycles. The van der Waals surface area contributed by atoms with Crippen LogP contribution < -0.4 is 10.1 Å². The number of halogens is 2. The molecular formula is C13H18ClFN2O2. The van der Waals surface area contributed by atoms with Crippen molar-refractivity contribution in [3.8, 4) is 5.75 Å². The molecule has 1 heterocycles. The zero-order chi connectivity index (χ0) is 13.0. The number of carbonyl (C=O) groups excluding carboxylic acids is 1. The molecule has 1 saturated heterocycles. The fourth-order valence-corrected chi connectivity index (χ4v) is 1.97. The Morgan fingerprint density at radius 1 is 1.47 bits per heavy atom. The van der Waals surface area contributed by atoms with Crippen LogP contribution in [0.4, 0.5) is 4.39 Å². The Bertz CT molecular complexity index is 414. The van der Waals surface area contributed by atoms with Crippen LogP contribution in [0, 0.1) is 5.82 Å². The van der Waals surface area contributed by atoms with E-state index < -0.39 is 0 Å². The molecule has 0 aromatic heterocycles. The van der Waals surface area contributed by atoms with Gasteiger partial charge in [0.25, 0.3) is 5.91 Å². The first-order valence-electron chi connectivity index (χ1n) is 6.05. The molecule has 106 valence electrons. The van der Waals surface area contributed by atoms with Crippen molar-refractivity contribution < 1.29 is 13.9 Å². The first-order chi connectivity index (χ1) is 8.66. The van der Waals surface area contributed by atoms with Crippen molar-refractivity contribution in [3.05, 3.63) is 30.1 Å². The molecule has 1 fully saturated rings. The van der Waals surface area contributed by atoms with E-state index in [-0.39, 0.29) is 36.8 Å². The first kappa shape index (κ1) is 15.7. The predicted molar refractivity (Wildman–Crippen MR) is 73.2 cm³/mol. The van der Waals surface area contributed by atoms with Crippen molar-refractivity contribution >= 4 is 18.3 Å². The van der Waals surface area contributed by atoms with Crippen LogP contribution in [-0.4, -0.2) is 43.1 Å². The molecule has 0 bridgehead atoms. The monoisotopic (exact) mass is 288 g/mol. The molecule has 2 rings (SSSR count). The highest BCUT2D eigenvalue weighted by molar-refractivity contribution is 5.85. The standard InChI is InChI=1S/C13H17FN2O2.ClH/c1-10-8-15-6-7-16(10)13(17)9-18-12-4-2-11(14)3-5-12;/h2-5,10,15H,6-9H2,1H3;1H/t10-;/m1./s1. The van der Waals surface area contributed by atoms with E-state index >= 15 is 0 Å². The largest absolute Gasteiger partial charge is 0.484 e. The third-order valence-electron chi connectivity index (χ3n) is 3.00. The number of amides is 1. The van der Waals surface area contributed by atoms with Crippen LogP contribution in [0.15, 0.2) is 24.3 Å². The van der Waals surface area contributed by atoms with E-state index in [2.05, 4.69) is 5.32 Å². The number of rotatable bonds is 3. The third-order valence-corrected chi connectivity index (χ3v) is 3.00. The Balaban J connectivity index is 0.00000180. The number of hydrogen-bond acceptors (Lipinski definition) is 3. The molecule has 1 N–H and O–H groups in total. The van der Waals surface area contributed by atoms with E-state index in [1.54, 1.807) is 4.90 Å². The quantitative estimate of drug-likeness (QED) is 0.915. The Kier molecular flexibility index (Phi) is 6.05. The van der Waals surface area contributed by atoms with E-state index in [9.17, 15) is 9.18 Å². The van der Waals surface area contributed by atoms with Gasteiger partial charge in [-0.3, -0.25) is 4.79 Å². The smallest absolute Gasteiger partial charge is 0.260 e. The molecule has 1 aliphatic rings. The molecule has 1 aliphatic heterocycles. The summed E-state index contributed by atoms with van der Waals surface area (Å²) < 4.78 is 18.0. The lowest BCUT2D eigenvalue weighted by Gasteiger charge is -2.33. The number of piperazine rings is 1. The second-order valence-electron chi connectivity index (χ2n) is 4.38. The van der Waals surface area contributed by atoms with Gasteiger partial charge in [0.1, 0.15) is 11.6 Å². The van der Waals surface area contributed by atoms with Crippen LogP contribution in [0.1, 0.15) is 6.92 Å². The summed E-state index contributed by atoms with van der Waals surface area (Å²) in [6.07, 6.45) is 0. The van der Waals surface area contributed by atoms with Gasteiger partial charge in [0.2, 0.25) is 0 Å². The predicted octanol–water partition coefficient (Wildman–Crippen LogP) is 1.45. The van der Waals surface area contributed by atoms with Crippen LogP contribution in [0.2, 0.25) is 0 Å². The van der Waals surface area contributed by atoms with Crippen LogP contribution in [0.5, 0.6) is 5.75 Å². The average Bonchev–Trinajstić information content (AvgIpc) is 2.38. The van der Waals surface area contributed by atoms with Crippen molar-refractivity contribution in [1.29, 1.82) is 0 Å². The Morgan fingerprint density at radius 2 is 2.16 bits per heavy atom. The summed E-state index contributed by atoms with van der Waals surface area (Å²) in [5, 5.41) is 3.22. The van der Waals surface area contributed by atoms with E-state index in [0.717, 1.165) is 13.1 Å². The summed E-state index contributed by atoms with van der Waals surface area (Å²) in [5.74, 6) is 0.158. The molecule has 1 amide bonds. The van der Waals surface area contributed by atoms with Crippen molar-refractivity contribution in [2.24, 2.45) is 0 Å². The Labute approximate surface area is 118 Å². The van der Waals surface area contributed by atoms with Gasteiger partial charge in [0, 0.05) is 25.7 Å². The summed E-state index contributed by atoms with van der Waals surface area (Å²) >= 11 is 0. The summed E-state index contributed by atoms with van der Waals surface area (Å²) in [7, 11) is 0. The minimum Gasteiger partial charge on any atom is -0.484 e. The van der Waals surface area contributed by atoms with Gasteiger partial charge in [-0.25, -0.2) is 4.39 Å². The van der Waals surface area contributed by atoms with E-state index in [4.69, 9.17) is 4.74 Å². The fraction of sp³-hybridized carbons (Fsp3) is 0.462. The van der Waals surface area contributed by atoms with Gasteiger partial charge in [-0.15, -0.1) is 12.4 Å². The maximum Gasteiger partial charge on any atom is 0.260 e. The maximum absolute atomic E-state index is 12.7. The number of ether oxygens (including phenoxy) is 1. The second kappa shape index (κ2) is 7.31. The van der Waals surface area contributed by atoms with Gasteiger partial charge < -0.3 is 15.0 Å². The molecular weight excluding hydrogens is 271 g/mol.